The van der Waals surface area contributed by atoms with Crippen molar-refractivity contribution in [2.24, 2.45) is 5.92 Å². The summed E-state index contributed by atoms with van der Waals surface area (Å²) in [5, 5.41) is 2.86. The van der Waals surface area contributed by atoms with Gasteiger partial charge >= 0.3 is 6.18 Å². The van der Waals surface area contributed by atoms with Crippen molar-refractivity contribution >= 4 is 11.8 Å². The third-order valence-corrected chi connectivity index (χ3v) is 6.08. The molecule has 0 radical (unpaired) electrons. The summed E-state index contributed by atoms with van der Waals surface area (Å²) in [7, 11) is 0. The Morgan fingerprint density at radius 3 is 2.34 bits per heavy atom. The first kappa shape index (κ1) is 21.7. The van der Waals surface area contributed by atoms with Crippen LogP contribution >= 0.6 is 0 Å². The number of halogens is 3. The normalized spacial score (nSPS) is 20.9. The molecule has 1 saturated carbocycles. The number of carbonyl (C=O) groups excluding carboxylic acids is 2. The number of carbonyl (C=O) groups is 2. The standard InChI is InChI=1S/C22H29F3N2O2/c23-22(24,25)18-11-8-17(9-12-18)15-27(19-7-3-4-14-26-21(19)29)20(28)13-10-16-5-1-2-6-16/h8-9,11-12,16,19H,1-7,10,13-15H2,(H,26,29). The fourth-order valence-electron chi connectivity index (χ4n) is 4.36. The molecule has 1 atom stereocenters. The number of hydrogen-bond donors (Lipinski definition) is 1. The van der Waals surface area contributed by atoms with Gasteiger partial charge in [0.1, 0.15) is 6.04 Å². The van der Waals surface area contributed by atoms with Crippen LogP contribution in [-0.2, 0) is 22.3 Å². The molecule has 2 aliphatic rings. The van der Waals surface area contributed by atoms with Gasteiger partial charge in [0.15, 0.2) is 0 Å². The van der Waals surface area contributed by atoms with Crippen LogP contribution in [-0.4, -0.2) is 29.3 Å². The van der Waals surface area contributed by atoms with Crippen LogP contribution in [0, 0.1) is 5.92 Å². The van der Waals surface area contributed by atoms with Gasteiger partial charge in [0.25, 0.3) is 0 Å². The molecule has 1 aliphatic carbocycles. The van der Waals surface area contributed by atoms with Crippen molar-refractivity contribution in [3.63, 3.8) is 0 Å². The Balaban J connectivity index is 1.73. The molecule has 160 valence electrons. The van der Waals surface area contributed by atoms with Gasteiger partial charge in [-0.3, -0.25) is 9.59 Å². The molecular weight excluding hydrogens is 381 g/mol. The number of nitrogens with zero attached hydrogens (tertiary/aromatic N) is 1. The second-order valence-corrected chi connectivity index (χ2v) is 8.21. The molecule has 4 nitrogen and oxygen atoms in total. The van der Waals surface area contributed by atoms with Crippen molar-refractivity contribution in [2.45, 2.75) is 76.6 Å². The van der Waals surface area contributed by atoms with Gasteiger partial charge in [0, 0.05) is 19.5 Å². The van der Waals surface area contributed by atoms with E-state index in [1.54, 1.807) is 4.90 Å². The number of benzene rings is 1. The number of hydrogen-bond acceptors (Lipinski definition) is 2. The number of nitrogens with one attached hydrogen (secondary N) is 1. The van der Waals surface area contributed by atoms with Crippen LogP contribution in [0.25, 0.3) is 0 Å². The molecule has 0 aromatic heterocycles. The number of alkyl halides is 3. The van der Waals surface area contributed by atoms with Crippen molar-refractivity contribution in [1.82, 2.24) is 10.2 Å². The lowest BCUT2D eigenvalue weighted by Crippen LogP contribution is -2.48. The van der Waals surface area contributed by atoms with Crippen LogP contribution in [0.2, 0.25) is 0 Å². The molecule has 0 spiro atoms. The molecule has 2 fully saturated rings. The van der Waals surface area contributed by atoms with Crippen LogP contribution in [0.3, 0.4) is 0 Å². The first-order valence-corrected chi connectivity index (χ1v) is 10.6. The van der Waals surface area contributed by atoms with Gasteiger partial charge in [-0.1, -0.05) is 37.8 Å². The maximum absolute atomic E-state index is 13.1. The van der Waals surface area contributed by atoms with E-state index >= 15 is 0 Å². The Kier molecular flexibility index (Phi) is 7.19. The van der Waals surface area contributed by atoms with Crippen molar-refractivity contribution < 1.29 is 22.8 Å². The van der Waals surface area contributed by atoms with Gasteiger partial charge in [0.05, 0.1) is 5.56 Å². The quantitative estimate of drug-likeness (QED) is 0.741. The van der Waals surface area contributed by atoms with Crippen molar-refractivity contribution in [3.05, 3.63) is 35.4 Å². The van der Waals surface area contributed by atoms with Crippen molar-refractivity contribution in [2.75, 3.05) is 6.54 Å². The molecule has 29 heavy (non-hydrogen) atoms. The molecular formula is C22H29F3N2O2. The number of rotatable bonds is 6. The molecule has 1 aromatic carbocycles. The molecule has 0 bridgehead atoms. The Morgan fingerprint density at radius 1 is 1.03 bits per heavy atom. The van der Waals surface area contributed by atoms with Gasteiger partial charge in [-0.15, -0.1) is 0 Å². The van der Waals surface area contributed by atoms with E-state index in [-0.39, 0.29) is 18.4 Å². The zero-order valence-corrected chi connectivity index (χ0v) is 16.6. The maximum atomic E-state index is 13.1. The highest BCUT2D eigenvalue weighted by Crippen LogP contribution is 2.31. The Bertz CT molecular complexity index is 697. The molecule has 1 N–H and O–H groups in total. The van der Waals surface area contributed by atoms with E-state index in [1.165, 1.54) is 25.0 Å². The summed E-state index contributed by atoms with van der Waals surface area (Å²) in [6.07, 6.45) is 3.81. The van der Waals surface area contributed by atoms with Gasteiger partial charge < -0.3 is 10.2 Å². The van der Waals surface area contributed by atoms with Crippen LogP contribution < -0.4 is 5.32 Å². The van der Waals surface area contributed by atoms with E-state index in [0.717, 1.165) is 44.2 Å². The van der Waals surface area contributed by atoms with E-state index in [0.29, 0.717) is 30.9 Å². The lowest BCUT2D eigenvalue weighted by Gasteiger charge is -2.30. The van der Waals surface area contributed by atoms with Gasteiger partial charge in [-0.2, -0.15) is 13.2 Å². The predicted octanol–water partition coefficient (Wildman–Crippen LogP) is 4.67. The average Bonchev–Trinajstić information content (AvgIpc) is 3.12. The molecule has 1 aromatic rings. The number of amides is 2. The smallest absolute Gasteiger partial charge is 0.354 e. The predicted molar refractivity (Wildman–Crippen MR) is 104 cm³/mol. The SMILES string of the molecule is O=C1NCCCCC1N(Cc1ccc(C(F)(F)F)cc1)C(=O)CCC1CCCC1. The molecule has 1 saturated heterocycles. The van der Waals surface area contributed by atoms with Crippen LogP contribution in [0.5, 0.6) is 0 Å². The first-order chi connectivity index (χ1) is 13.8. The lowest BCUT2D eigenvalue weighted by atomic mass is 10.00. The Morgan fingerprint density at radius 2 is 1.69 bits per heavy atom. The Hall–Kier alpha value is -2.05. The van der Waals surface area contributed by atoms with Crippen LogP contribution in [0.4, 0.5) is 13.2 Å². The van der Waals surface area contributed by atoms with Crippen LogP contribution in [0.1, 0.15) is 68.9 Å². The van der Waals surface area contributed by atoms with Gasteiger partial charge in [-0.25, -0.2) is 0 Å². The molecule has 2 amide bonds. The minimum Gasteiger partial charge on any atom is -0.354 e. The summed E-state index contributed by atoms with van der Waals surface area (Å²) in [5.41, 5.74) is -0.114. The summed E-state index contributed by atoms with van der Waals surface area (Å²) in [6.45, 7) is 0.749. The summed E-state index contributed by atoms with van der Waals surface area (Å²) in [4.78, 5) is 27.2. The van der Waals surface area contributed by atoms with E-state index in [1.807, 2.05) is 0 Å². The first-order valence-electron chi connectivity index (χ1n) is 10.6. The van der Waals surface area contributed by atoms with Gasteiger partial charge in [-0.05, 0) is 49.3 Å². The third kappa shape index (κ3) is 5.97. The zero-order valence-electron chi connectivity index (χ0n) is 16.6. The maximum Gasteiger partial charge on any atom is 0.416 e. The second-order valence-electron chi connectivity index (χ2n) is 8.21. The minimum absolute atomic E-state index is 0.0844. The highest BCUT2D eigenvalue weighted by molar-refractivity contribution is 5.87. The monoisotopic (exact) mass is 410 g/mol. The summed E-state index contributed by atoms with van der Waals surface area (Å²) in [6, 6.07) is 4.30. The molecule has 1 aliphatic heterocycles. The van der Waals surface area contributed by atoms with Crippen molar-refractivity contribution in [1.29, 1.82) is 0 Å². The molecule has 7 heteroatoms. The van der Waals surface area contributed by atoms with E-state index in [4.69, 9.17) is 0 Å². The van der Waals surface area contributed by atoms with E-state index in [9.17, 15) is 22.8 Å². The fourth-order valence-corrected chi connectivity index (χ4v) is 4.36. The van der Waals surface area contributed by atoms with Crippen LogP contribution in [0.15, 0.2) is 24.3 Å². The molecule has 1 heterocycles. The zero-order chi connectivity index (χ0) is 20.9. The average molecular weight is 410 g/mol. The van der Waals surface area contributed by atoms with E-state index < -0.39 is 17.8 Å². The van der Waals surface area contributed by atoms with Crippen molar-refractivity contribution in [3.8, 4) is 0 Å². The molecule has 1 unspecified atom stereocenters. The summed E-state index contributed by atoms with van der Waals surface area (Å²) >= 11 is 0. The third-order valence-electron chi connectivity index (χ3n) is 6.08. The minimum atomic E-state index is -4.39. The molecule has 3 rings (SSSR count). The highest BCUT2D eigenvalue weighted by atomic mass is 19.4. The largest absolute Gasteiger partial charge is 0.416 e. The fraction of sp³-hybridized carbons (Fsp3) is 0.636. The summed E-state index contributed by atoms with van der Waals surface area (Å²) in [5.74, 6) is 0.317. The topological polar surface area (TPSA) is 49.4 Å². The highest BCUT2D eigenvalue weighted by Gasteiger charge is 2.32. The van der Waals surface area contributed by atoms with E-state index in [2.05, 4.69) is 5.32 Å². The Labute approximate surface area is 169 Å². The lowest BCUT2D eigenvalue weighted by molar-refractivity contribution is -0.141. The summed E-state index contributed by atoms with van der Waals surface area (Å²) < 4.78 is 38.5. The van der Waals surface area contributed by atoms with Gasteiger partial charge in [0.2, 0.25) is 11.8 Å². The second kappa shape index (κ2) is 9.63.